The Labute approximate surface area is 212 Å². The second-order valence-electron chi connectivity index (χ2n) is 8.82. The van der Waals surface area contributed by atoms with Gasteiger partial charge in [-0.1, -0.05) is 68.1 Å². The summed E-state index contributed by atoms with van der Waals surface area (Å²) in [5.41, 5.74) is 2.56. The zero-order valence-corrected chi connectivity index (χ0v) is 20.8. The Kier molecular flexibility index (Phi) is 7.80. The van der Waals surface area contributed by atoms with Crippen LogP contribution < -0.4 is 10.9 Å². The number of amides is 1. The molecule has 0 saturated carbocycles. The van der Waals surface area contributed by atoms with Crippen LogP contribution in [0.2, 0.25) is 0 Å². The zero-order chi connectivity index (χ0) is 25.7. The SMILES string of the molecule is CC(C)CNC(=O)c1ccc2c(=O)n(Cc3ccccc3)c(SCc3ccc([N+](=O)[O-])cc3)nc2c1. The molecule has 9 heteroatoms. The van der Waals surface area contributed by atoms with E-state index in [1.807, 2.05) is 44.2 Å². The Morgan fingerprint density at radius 2 is 1.78 bits per heavy atom. The average Bonchev–Trinajstić information content (AvgIpc) is 2.88. The summed E-state index contributed by atoms with van der Waals surface area (Å²) in [5.74, 6) is 0.584. The number of nitrogens with one attached hydrogen (secondary N) is 1. The van der Waals surface area contributed by atoms with Crippen LogP contribution in [0.3, 0.4) is 0 Å². The second kappa shape index (κ2) is 11.2. The number of benzene rings is 3. The number of fused-ring (bicyclic) bond motifs is 1. The van der Waals surface area contributed by atoms with Crippen molar-refractivity contribution in [2.75, 3.05) is 6.54 Å². The van der Waals surface area contributed by atoms with E-state index >= 15 is 0 Å². The predicted molar refractivity (Wildman–Crippen MR) is 141 cm³/mol. The maximum atomic E-state index is 13.5. The van der Waals surface area contributed by atoms with Crippen LogP contribution in [-0.4, -0.2) is 26.9 Å². The number of nitro benzene ring substituents is 1. The number of non-ortho nitro benzene ring substituents is 1. The van der Waals surface area contributed by atoms with Gasteiger partial charge in [0.1, 0.15) is 0 Å². The van der Waals surface area contributed by atoms with Crippen LogP contribution in [0, 0.1) is 16.0 Å². The van der Waals surface area contributed by atoms with E-state index in [0.717, 1.165) is 11.1 Å². The number of nitro groups is 1. The van der Waals surface area contributed by atoms with Gasteiger partial charge in [0.05, 0.1) is 22.4 Å². The molecule has 4 rings (SSSR count). The first-order valence-corrected chi connectivity index (χ1v) is 12.5. The van der Waals surface area contributed by atoms with E-state index in [0.29, 0.717) is 46.4 Å². The minimum atomic E-state index is -0.436. The third-order valence-corrected chi connectivity index (χ3v) is 6.60. The van der Waals surface area contributed by atoms with E-state index in [2.05, 4.69) is 5.32 Å². The van der Waals surface area contributed by atoms with Crippen LogP contribution in [0.4, 0.5) is 5.69 Å². The normalized spacial score (nSPS) is 11.1. The minimum absolute atomic E-state index is 0.0249. The van der Waals surface area contributed by atoms with E-state index in [1.165, 1.54) is 23.9 Å². The summed E-state index contributed by atoms with van der Waals surface area (Å²) in [6.45, 7) is 4.94. The number of rotatable bonds is 9. The topological polar surface area (TPSA) is 107 Å². The Morgan fingerprint density at radius 3 is 2.44 bits per heavy atom. The number of thioether (sulfide) groups is 1. The van der Waals surface area contributed by atoms with Crippen molar-refractivity contribution in [3.8, 4) is 0 Å². The lowest BCUT2D eigenvalue weighted by molar-refractivity contribution is -0.384. The first kappa shape index (κ1) is 25.1. The largest absolute Gasteiger partial charge is 0.352 e. The quantitative estimate of drug-likeness (QED) is 0.149. The molecule has 0 aliphatic heterocycles. The number of nitrogens with zero attached hydrogens (tertiary/aromatic N) is 3. The van der Waals surface area contributed by atoms with Crippen molar-refractivity contribution in [1.82, 2.24) is 14.9 Å². The van der Waals surface area contributed by atoms with Gasteiger partial charge < -0.3 is 5.32 Å². The maximum Gasteiger partial charge on any atom is 0.269 e. The molecule has 0 unspecified atom stereocenters. The summed E-state index contributed by atoms with van der Waals surface area (Å²) in [6.07, 6.45) is 0. The van der Waals surface area contributed by atoms with E-state index in [1.54, 1.807) is 34.9 Å². The molecule has 0 fully saturated rings. The van der Waals surface area contributed by atoms with Gasteiger partial charge in [0.2, 0.25) is 0 Å². The van der Waals surface area contributed by atoms with Crippen molar-refractivity contribution in [1.29, 1.82) is 0 Å². The summed E-state index contributed by atoms with van der Waals surface area (Å²) in [5, 5.41) is 14.8. The minimum Gasteiger partial charge on any atom is -0.352 e. The molecule has 4 aromatic rings. The highest BCUT2D eigenvalue weighted by atomic mass is 32.2. The molecule has 0 spiro atoms. The molecule has 0 aliphatic rings. The highest BCUT2D eigenvalue weighted by molar-refractivity contribution is 7.98. The molecule has 1 amide bonds. The van der Waals surface area contributed by atoms with Gasteiger partial charge in [0, 0.05) is 30.0 Å². The maximum absolute atomic E-state index is 13.5. The van der Waals surface area contributed by atoms with Gasteiger partial charge >= 0.3 is 0 Å². The number of hydrogen-bond donors (Lipinski definition) is 1. The molecule has 0 aliphatic carbocycles. The van der Waals surface area contributed by atoms with Crippen molar-refractivity contribution in [3.05, 3.63) is 110 Å². The molecule has 36 heavy (non-hydrogen) atoms. The summed E-state index contributed by atoms with van der Waals surface area (Å²) in [4.78, 5) is 41.4. The Morgan fingerprint density at radius 1 is 1.06 bits per heavy atom. The summed E-state index contributed by atoms with van der Waals surface area (Å²) < 4.78 is 1.63. The smallest absolute Gasteiger partial charge is 0.269 e. The van der Waals surface area contributed by atoms with E-state index in [4.69, 9.17) is 4.98 Å². The second-order valence-corrected chi connectivity index (χ2v) is 9.76. The fraction of sp³-hybridized carbons (Fsp3) is 0.222. The van der Waals surface area contributed by atoms with Gasteiger partial charge in [-0.05, 0) is 35.2 Å². The van der Waals surface area contributed by atoms with Gasteiger partial charge in [0.25, 0.3) is 17.2 Å². The lowest BCUT2D eigenvalue weighted by Gasteiger charge is -2.14. The number of aromatic nitrogens is 2. The highest BCUT2D eigenvalue weighted by Crippen LogP contribution is 2.24. The lowest BCUT2D eigenvalue weighted by atomic mass is 10.1. The van der Waals surface area contributed by atoms with Gasteiger partial charge in [-0.2, -0.15) is 0 Å². The molecule has 0 atom stereocenters. The number of hydrogen-bond acceptors (Lipinski definition) is 6. The van der Waals surface area contributed by atoms with Crippen LogP contribution in [-0.2, 0) is 12.3 Å². The standard InChI is InChI=1S/C27H26N4O4S/c1-18(2)15-28-25(32)21-10-13-23-24(14-21)29-27(30(26(23)33)16-19-6-4-3-5-7-19)36-17-20-8-11-22(12-9-20)31(34)35/h3-14,18H,15-17H2,1-2H3,(H,28,32). The Balaban J connectivity index is 1.70. The molecule has 0 bridgehead atoms. The fourth-order valence-electron chi connectivity index (χ4n) is 3.62. The van der Waals surface area contributed by atoms with Crippen LogP contribution >= 0.6 is 11.8 Å². The first-order valence-electron chi connectivity index (χ1n) is 11.5. The first-order chi connectivity index (χ1) is 17.3. The van der Waals surface area contributed by atoms with Gasteiger partial charge in [-0.15, -0.1) is 0 Å². The van der Waals surface area contributed by atoms with Crippen LogP contribution in [0.5, 0.6) is 0 Å². The zero-order valence-electron chi connectivity index (χ0n) is 20.0. The average molecular weight is 503 g/mol. The summed E-state index contributed by atoms with van der Waals surface area (Å²) in [7, 11) is 0. The third kappa shape index (κ3) is 5.98. The molecule has 0 saturated heterocycles. The molecule has 1 heterocycles. The van der Waals surface area contributed by atoms with E-state index in [-0.39, 0.29) is 17.2 Å². The fourth-order valence-corrected chi connectivity index (χ4v) is 4.57. The number of carbonyl (C=O) groups is 1. The molecule has 1 aromatic heterocycles. The lowest BCUT2D eigenvalue weighted by Crippen LogP contribution is -2.28. The van der Waals surface area contributed by atoms with E-state index in [9.17, 15) is 19.7 Å². The summed E-state index contributed by atoms with van der Waals surface area (Å²) >= 11 is 1.37. The third-order valence-electron chi connectivity index (χ3n) is 5.55. The Bertz CT molecular complexity index is 1450. The van der Waals surface area contributed by atoms with Gasteiger partial charge in [-0.3, -0.25) is 24.3 Å². The van der Waals surface area contributed by atoms with E-state index < -0.39 is 4.92 Å². The van der Waals surface area contributed by atoms with Crippen molar-refractivity contribution in [2.24, 2.45) is 5.92 Å². The molecule has 8 nitrogen and oxygen atoms in total. The van der Waals surface area contributed by atoms with Crippen molar-refractivity contribution >= 4 is 34.3 Å². The molecule has 0 radical (unpaired) electrons. The predicted octanol–water partition coefficient (Wildman–Crippen LogP) is 5.03. The van der Waals surface area contributed by atoms with Crippen LogP contribution in [0.1, 0.15) is 35.3 Å². The van der Waals surface area contributed by atoms with Gasteiger partial charge in [0.15, 0.2) is 5.16 Å². The van der Waals surface area contributed by atoms with Crippen molar-refractivity contribution < 1.29 is 9.72 Å². The van der Waals surface area contributed by atoms with Crippen LogP contribution in [0.15, 0.2) is 82.7 Å². The molecular formula is C27H26N4O4S. The molecular weight excluding hydrogens is 476 g/mol. The molecule has 3 aromatic carbocycles. The summed E-state index contributed by atoms with van der Waals surface area (Å²) in [6, 6.07) is 20.9. The molecule has 1 N–H and O–H groups in total. The van der Waals surface area contributed by atoms with Gasteiger partial charge in [-0.25, -0.2) is 4.98 Å². The highest BCUT2D eigenvalue weighted by Gasteiger charge is 2.15. The van der Waals surface area contributed by atoms with Crippen molar-refractivity contribution in [2.45, 2.75) is 31.3 Å². The Hall–Kier alpha value is -3.98. The van der Waals surface area contributed by atoms with Crippen LogP contribution in [0.25, 0.3) is 10.9 Å². The number of carbonyl (C=O) groups excluding carboxylic acids is 1. The van der Waals surface area contributed by atoms with Crippen molar-refractivity contribution in [3.63, 3.8) is 0 Å². The molecule has 184 valence electrons. The monoisotopic (exact) mass is 502 g/mol.